The summed E-state index contributed by atoms with van der Waals surface area (Å²) in [7, 11) is -3.10. The van der Waals surface area contributed by atoms with E-state index in [2.05, 4.69) is 39.3 Å². The predicted octanol–water partition coefficient (Wildman–Crippen LogP) is 3.48. The lowest BCUT2D eigenvalue weighted by molar-refractivity contribution is -0.115. The number of hydrogen-bond donors (Lipinski definition) is 1. The van der Waals surface area contributed by atoms with Crippen LogP contribution in [0.4, 0.5) is 0 Å². The Morgan fingerprint density at radius 2 is 1.37 bits per heavy atom. The van der Waals surface area contributed by atoms with Gasteiger partial charge in [-0.05, 0) is 39.3 Å². The van der Waals surface area contributed by atoms with E-state index in [0.29, 0.717) is 26.1 Å². The minimum absolute atomic E-state index is 0.0937. The second-order valence-corrected chi connectivity index (χ2v) is 15.6. The van der Waals surface area contributed by atoms with Gasteiger partial charge in [-0.2, -0.15) is 0 Å². The lowest BCUT2D eigenvalue weighted by Gasteiger charge is -2.17. The average Bonchev–Trinajstić information content (AvgIpc) is 2.12. The Morgan fingerprint density at radius 3 is 1.79 bits per heavy atom. The van der Waals surface area contributed by atoms with Crippen LogP contribution in [-0.4, -0.2) is 40.7 Å². The van der Waals surface area contributed by atoms with Crippen molar-refractivity contribution in [3.05, 3.63) is 11.8 Å². The second kappa shape index (κ2) is 7.99. The summed E-state index contributed by atoms with van der Waals surface area (Å²) in [5.74, 6) is 0.00000661. The van der Waals surface area contributed by atoms with Crippen molar-refractivity contribution in [1.29, 1.82) is 0 Å². The van der Waals surface area contributed by atoms with Crippen LogP contribution in [0.15, 0.2) is 11.8 Å². The Balaban J connectivity index is 3.91. The summed E-state index contributed by atoms with van der Waals surface area (Å²) in [5.41, 5.74) is 0. The van der Waals surface area contributed by atoms with Gasteiger partial charge in [-0.1, -0.05) is 0 Å². The van der Waals surface area contributed by atoms with Gasteiger partial charge in [0.15, 0.2) is 22.4 Å². The maximum Gasteiger partial charge on any atom is 0.183 e. The fraction of sp³-hybridized carbons (Fsp3) is 0.769. The summed E-state index contributed by atoms with van der Waals surface area (Å²) in [6.07, 6.45) is 2.01. The topological polar surface area (TPSA) is 55.8 Å². The van der Waals surface area contributed by atoms with Crippen molar-refractivity contribution in [3.63, 3.8) is 0 Å². The molecule has 0 aliphatic carbocycles. The third-order valence-electron chi connectivity index (χ3n) is 2.10. The molecule has 0 aromatic carbocycles. The van der Waals surface area contributed by atoms with Gasteiger partial charge in [0.25, 0.3) is 0 Å². The summed E-state index contributed by atoms with van der Waals surface area (Å²) in [6, 6.07) is 0. The zero-order valence-corrected chi connectivity index (χ0v) is 15.1. The molecule has 0 saturated carbocycles. The Morgan fingerprint density at radius 1 is 0.947 bits per heavy atom. The first kappa shape index (κ1) is 18.6. The summed E-state index contributed by atoms with van der Waals surface area (Å²) >= 11 is 0. The molecular formula is C13H28O4Si2. The smallest absolute Gasteiger partial charge is 0.183 e. The van der Waals surface area contributed by atoms with Crippen LogP contribution in [-0.2, 0) is 13.6 Å². The highest BCUT2D eigenvalue weighted by molar-refractivity contribution is 6.70. The molecule has 0 aliphatic rings. The Labute approximate surface area is 119 Å². The minimum Gasteiger partial charge on any atom is -0.512 e. The van der Waals surface area contributed by atoms with Crippen LogP contribution in [0.1, 0.15) is 12.8 Å². The van der Waals surface area contributed by atoms with Crippen LogP contribution >= 0.6 is 0 Å². The highest BCUT2D eigenvalue weighted by Gasteiger charge is 2.15. The molecule has 0 radical (unpaired) electrons. The summed E-state index contributed by atoms with van der Waals surface area (Å²) in [4.78, 5) is 11.6. The lowest BCUT2D eigenvalue weighted by Crippen LogP contribution is -2.26. The van der Waals surface area contributed by atoms with Crippen molar-refractivity contribution in [2.24, 2.45) is 0 Å². The molecule has 0 rings (SSSR count). The Bertz CT molecular complexity index is 314. The predicted molar refractivity (Wildman–Crippen MR) is 83.5 cm³/mol. The van der Waals surface area contributed by atoms with E-state index in [1.165, 1.54) is 6.08 Å². The van der Waals surface area contributed by atoms with E-state index in [0.717, 1.165) is 0 Å². The summed E-state index contributed by atoms with van der Waals surface area (Å²) in [5, 5.41) is 9.62. The van der Waals surface area contributed by atoms with Gasteiger partial charge in [0.1, 0.15) is 0 Å². The van der Waals surface area contributed by atoms with Gasteiger partial charge >= 0.3 is 0 Å². The van der Waals surface area contributed by atoms with Crippen molar-refractivity contribution < 1.29 is 18.8 Å². The molecule has 0 aromatic heterocycles. The largest absolute Gasteiger partial charge is 0.512 e. The zero-order valence-electron chi connectivity index (χ0n) is 13.1. The van der Waals surface area contributed by atoms with Gasteiger partial charge in [-0.25, -0.2) is 0 Å². The maximum atomic E-state index is 11.6. The molecule has 1 N–H and O–H groups in total. The van der Waals surface area contributed by atoms with Gasteiger partial charge in [0, 0.05) is 32.1 Å². The van der Waals surface area contributed by atoms with Crippen molar-refractivity contribution in [1.82, 2.24) is 0 Å². The molecule has 0 bridgehead atoms. The van der Waals surface area contributed by atoms with Gasteiger partial charge in [-0.15, -0.1) is 0 Å². The normalized spacial score (nSPS) is 13.7. The molecule has 0 aromatic rings. The molecule has 6 heteroatoms. The molecule has 0 fully saturated rings. The first-order chi connectivity index (χ1) is 8.49. The number of carbonyl (C=O) groups excluding carboxylic acids is 1. The SMILES string of the molecule is C[Si](C)(C)OCCC(=O)/C=C(\O)CCO[Si](C)(C)C. The summed E-state index contributed by atoms with van der Waals surface area (Å²) in [6.45, 7) is 13.4. The number of ketones is 1. The second-order valence-electron chi connectivity index (χ2n) is 6.52. The first-order valence-corrected chi connectivity index (χ1v) is 13.5. The molecule has 4 nitrogen and oxygen atoms in total. The molecule has 0 saturated heterocycles. The number of rotatable bonds is 9. The minimum atomic E-state index is -1.56. The number of carbonyl (C=O) groups is 1. The van der Waals surface area contributed by atoms with E-state index in [4.69, 9.17) is 8.85 Å². The van der Waals surface area contributed by atoms with Crippen LogP contribution in [0.25, 0.3) is 0 Å². The maximum absolute atomic E-state index is 11.6. The molecule has 0 unspecified atom stereocenters. The fourth-order valence-corrected chi connectivity index (χ4v) is 2.68. The third kappa shape index (κ3) is 13.8. The molecule has 19 heavy (non-hydrogen) atoms. The van der Waals surface area contributed by atoms with Crippen LogP contribution in [0.5, 0.6) is 0 Å². The molecule has 0 spiro atoms. The third-order valence-corrected chi connectivity index (χ3v) is 4.24. The van der Waals surface area contributed by atoms with E-state index in [1.807, 2.05) is 0 Å². The quantitative estimate of drug-likeness (QED) is 0.402. The van der Waals surface area contributed by atoms with Crippen LogP contribution < -0.4 is 0 Å². The molecule has 0 amide bonds. The Kier molecular flexibility index (Phi) is 7.80. The molecule has 0 atom stereocenters. The van der Waals surface area contributed by atoms with E-state index in [-0.39, 0.29) is 11.5 Å². The van der Waals surface area contributed by atoms with Gasteiger partial charge in [0.05, 0.1) is 5.76 Å². The van der Waals surface area contributed by atoms with Gasteiger partial charge in [0.2, 0.25) is 0 Å². The number of hydrogen-bond acceptors (Lipinski definition) is 4. The van der Waals surface area contributed by atoms with Crippen molar-refractivity contribution >= 4 is 22.4 Å². The standard InChI is InChI=1S/C13H28O4Si2/c1-18(2,3)16-9-7-12(14)11-13(15)8-10-17-19(4,5)6/h11,14H,7-10H2,1-6H3/b12-11-. The van der Waals surface area contributed by atoms with Crippen LogP contribution in [0.3, 0.4) is 0 Å². The summed E-state index contributed by atoms with van der Waals surface area (Å²) < 4.78 is 11.2. The average molecular weight is 305 g/mol. The number of aliphatic hydroxyl groups excluding tert-OH is 1. The number of aliphatic hydroxyl groups is 1. The van der Waals surface area contributed by atoms with Crippen molar-refractivity contribution in [2.75, 3.05) is 13.2 Å². The van der Waals surface area contributed by atoms with E-state index >= 15 is 0 Å². The molecular weight excluding hydrogens is 276 g/mol. The van der Waals surface area contributed by atoms with Gasteiger partial charge < -0.3 is 14.0 Å². The zero-order chi connectivity index (χ0) is 15.1. The molecule has 0 aliphatic heterocycles. The number of allylic oxidation sites excluding steroid dienone is 1. The van der Waals surface area contributed by atoms with Crippen molar-refractivity contribution in [2.45, 2.75) is 52.1 Å². The molecule has 0 heterocycles. The monoisotopic (exact) mass is 304 g/mol. The van der Waals surface area contributed by atoms with Gasteiger partial charge in [-0.3, -0.25) is 4.79 Å². The van der Waals surface area contributed by atoms with E-state index in [9.17, 15) is 9.90 Å². The van der Waals surface area contributed by atoms with Crippen molar-refractivity contribution in [3.8, 4) is 0 Å². The molecule has 112 valence electrons. The fourth-order valence-electron chi connectivity index (χ4n) is 1.25. The van der Waals surface area contributed by atoms with Crippen LogP contribution in [0, 0.1) is 0 Å². The Hall–Kier alpha value is -0.436. The van der Waals surface area contributed by atoms with E-state index in [1.54, 1.807) is 0 Å². The van der Waals surface area contributed by atoms with E-state index < -0.39 is 16.6 Å². The highest BCUT2D eigenvalue weighted by Crippen LogP contribution is 2.07. The highest BCUT2D eigenvalue weighted by atomic mass is 28.4. The first-order valence-electron chi connectivity index (χ1n) is 6.70. The van der Waals surface area contributed by atoms with Crippen LogP contribution in [0.2, 0.25) is 39.3 Å². The lowest BCUT2D eigenvalue weighted by atomic mass is 10.2.